The Morgan fingerprint density at radius 2 is 1.84 bits per heavy atom. The van der Waals surface area contributed by atoms with Crippen LogP contribution in [0.15, 0.2) is 30.3 Å². The van der Waals surface area contributed by atoms with Gasteiger partial charge in [-0.15, -0.1) is 0 Å². The molecular formula is C13H11F3N2O. The van der Waals surface area contributed by atoms with Crippen molar-refractivity contribution in [1.29, 1.82) is 0 Å². The highest BCUT2D eigenvalue weighted by atomic mass is 19.4. The molecule has 0 bridgehead atoms. The Labute approximate surface area is 107 Å². The highest BCUT2D eigenvalue weighted by molar-refractivity contribution is 5.95. The Hall–Kier alpha value is -2.11. The zero-order chi connectivity index (χ0) is 14.2. The molecule has 1 heterocycles. The molecule has 19 heavy (non-hydrogen) atoms. The number of hydrogen-bond acceptors (Lipinski definition) is 2. The molecular weight excluding hydrogens is 257 g/mol. The van der Waals surface area contributed by atoms with Crippen LogP contribution >= 0.6 is 0 Å². The van der Waals surface area contributed by atoms with Crippen molar-refractivity contribution in [2.75, 3.05) is 14.1 Å². The highest BCUT2D eigenvalue weighted by Crippen LogP contribution is 2.33. The summed E-state index contributed by atoms with van der Waals surface area (Å²) in [5, 5.41) is 0.352. The molecule has 0 unspecified atom stereocenters. The first-order chi connectivity index (χ1) is 8.80. The first-order valence-corrected chi connectivity index (χ1v) is 5.49. The average Bonchev–Trinajstić information content (AvgIpc) is 2.35. The number of amides is 1. The molecule has 1 amide bonds. The van der Waals surface area contributed by atoms with Gasteiger partial charge in [-0.25, -0.2) is 4.98 Å². The van der Waals surface area contributed by atoms with E-state index >= 15 is 0 Å². The summed E-state index contributed by atoms with van der Waals surface area (Å²) in [7, 11) is 3.04. The number of benzene rings is 1. The van der Waals surface area contributed by atoms with Gasteiger partial charge in [0.05, 0.1) is 11.1 Å². The van der Waals surface area contributed by atoms with E-state index in [-0.39, 0.29) is 11.2 Å². The molecule has 0 fully saturated rings. The van der Waals surface area contributed by atoms with E-state index in [2.05, 4.69) is 4.98 Å². The number of fused-ring (bicyclic) bond motifs is 1. The Morgan fingerprint density at radius 1 is 1.16 bits per heavy atom. The quantitative estimate of drug-likeness (QED) is 0.796. The lowest BCUT2D eigenvalue weighted by Gasteiger charge is -2.12. The molecule has 0 saturated carbocycles. The fourth-order valence-electron chi connectivity index (χ4n) is 1.72. The molecule has 2 aromatic rings. The number of pyridine rings is 1. The van der Waals surface area contributed by atoms with E-state index in [4.69, 9.17) is 0 Å². The lowest BCUT2D eigenvalue weighted by atomic mass is 10.1. The smallest absolute Gasteiger partial charge is 0.343 e. The van der Waals surface area contributed by atoms with Gasteiger partial charge in [0.25, 0.3) is 5.91 Å². The number of para-hydroxylation sites is 1. The van der Waals surface area contributed by atoms with Gasteiger partial charge in [-0.05, 0) is 12.1 Å². The predicted octanol–water partition coefficient (Wildman–Crippen LogP) is 2.96. The van der Waals surface area contributed by atoms with Crippen LogP contribution in [0.1, 0.15) is 16.1 Å². The van der Waals surface area contributed by atoms with E-state index in [1.165, 1.54) is 43.3 Å². The van der Waals surface area contributed by atoms with Crippen molar-refractivity contribution in [3.8, 4) is 0 Å². The number of rotatable bonds is 1. The molecule has 0 saturated heterocycles. The summed E-state index contributed by atoms with van der Waals surface area (Å²) in [6, 6.07) is 6.69. The Bertz CT molecular complexity index is 635. The molecule has 2 rings (SSSR count). The van der Waals surface area contributed by atoms with Crippen LogP contribution in [0, 0.1) is 0 Å². The van der Waals surface area contributed by atoms with Crippen LogP contribution in [0.4, 0.5) is 13.2 Å². The van der Waals surface area contributed by atoms with Crippen molar-refractivity contribution in [3.05, 3.63) is 41.6 Å². The van der Waals surface area contributed by atoms with E-state index in [0.29, 0.717) is 5.39 Å². The van der Waals surface area contributed by atoms with Gasteiger partial charge in [0.15, 0.2) is 0 Å². The van der Waals surface area contributed by atoms with Crippen LogP contribution in [-0.4, -0.2) is 29.9 Å². The summed E-state index contributed by atoms with van der Waals surface area (Å²) in [4.78, 5) is 16.9. The zero-order valence-corrected chi connectivity index (χ0v) is 10.3. The van der Waals surface area contributed by atoms with Crippen molar-refractivity contribution < 1.29 is 18.0 Å². The number of nitrogens with zero attached hydrogens (tertiary/aromatic N) is 2. The molecule has 0 N–H and O–H groups in total. The number of hydrogen-bond donors (Lipinski definition) is 0. The summed E-state index contributed by atoms with van der Waals surface area (Å²) in [6.45, 7) is 0. The number of carbonyl (C=O) groups excluding carboxylic acids is 1. The minimum absolute atomic E-state index is 0.00537. The van der Waals surface area contributed by atoms with Crippen LogP contribution in [0.5, 0.6) is 0 Å². The summed E-state index contributed by atoms with van der Waals surface area (Å²) < 4.78 is 38.6. The molecule has 1 aromatic heterocycles. The third kappa shape index (κ3) is 2.52. The van der Waals surface area contributed by atoms with Crippen molar-refractivity contribution in [3.63, 3.8) is 0 Å². The average molecular weight is 268 g/mol. The van der Waals surface area contributed by atoms with Gasteiger partial charge in [-0.3, -0.25) is 4.79 Å². The summed E-state index contributed by atoms with van der Waals surface area (Å²) in [6.07, 6.45) is -4.49. The molecule has 6 heteroatoms. The number of halogens is 3. The van der Waals surface area contributed by atoms with Gasteiger partial charge in [0, 0.05) is 19.5 Å². The van der Waals surface area contributed by atoms with Crippen molar-refractivity contribution >= 4 is 16.8 Å². The molecule has 0 aliphatic carbocycles. The minimum Gasteiger partial charge on any atom is -0.343 e. The van der Waals surface area contributed by atoms with Gasteiger partial charge >= 0.3 is 6.18 Å². The van der Waals surface area contributed by atoms with E-state index in [9.17, 15) is 18.0 Å². The van der Waals surface area contributed by atoms with E-state index in [1.807, 2.05) is 0 Å². The zero-order valence-electron chi connectivity index (χ0n) is 10.3. The fourth-order valence-corrected chi connectivity index (χ4v) is 1.72. The van der Waals surface area contributed by atoms with Gasteiger partial charge in [0.2, 0.25) is 0 Å². The van der Waals surface area contributed by atoms with Crippen molar-refractivity contribution in [2.45, 2.75) is 6.18 Å². The summed E-state index contributed by atoms with van der Waals surface area (Å²) in [5.74, 6) is -0.432. The molecule has 0 atom stereocenters. The topological polar surface area (TPSA) is 33.2 Å². The van der Waals surface area contributed by atoms with Crippen molar-refractivity contribution in [1.82, 2.24) is 9.88 Å². The lowest BCUT2D eigenvalue weighted by Crippen LogP contribution is -2.22. The van der Waals surface area contributed by atoms with Crippen LogP contribution in [0.25, 0.3) is 10.9 Å². The molecule has 0 aliphatic rings. The highest BCUT2D eigenvalue weighted by Gasteiger charge is 2.33. The van der Waals surface area contributed by atoms with Gasteiger partial charge < -0.3 is 4.90 Å². The molecule has 0 aliphatic heterocycles. The van der Waals surface area contributed by atoms with Gasteiger partial charge in [0.1, 0.15) is 5.69 Å². The monoisotopic (exact) mass is 268 g/mol. The number of alkyl halides is 3. The Morgan fingerprint density at radius 3 is 2.42 bits per heavy atom. The van der Waals surface area contributed by atoms with Gasteiger partial charge in [-0.2, -0.15) is 13.2 Å². The third-order valence-corrected chi connectivity index (χ3v) is 2.65. The molecule has 100 valence electrons. The second-order valence-corrected chi connectivity index (χ2v) is 4.27. The maximum atomic E-state index is 12.9. The molecule has 0 spiro atoms. The maximum absolute atomic E-state index is 12.9. The fraction of sp³-hybridized carbons (Fsp3) is 0.231. The second kappa shape index (κ2) is 4.53. The van der Waals surface area contributed by atoms with E-state index in [1.54, 1.807) is 0 Å². The Kier molecular flexibility index (Phi) is 3.18. The standard InChI is InChI=1S/C13H11F3N2O/c1-18(2)12(19)10-7-6-8-4-3-5-9(11(8)17-10)13(14,15)16/h3-7H,1-2H3. The predicted molar refractivity (Wildman–Crippen MR) is 64.8 cm³/mol. The SMILES string of the molecule is CN(C)C(=O)c1ccc2cccc(C(F)(F)F)c2n1. The molecule has 0 radical (unpaired) electrons. The van der Waals surface area contributed by atoms with Crippen LogP contribution in [0.2, 0.25) is 0 Å². The first kappa shape index (κ1) is 13.3. The summed E-state index contributed by atoms with van der Waals surface area (Å²) in [5.41, 5.74) is -1.05. The van der Waals surface area contributed by atoms with Crippen LogP contribution < -0.4 is 0 Å². The number of aromatic nitrogens is 1. The molecule has 1 aromatic carbocycles. The van der Waals surface area contributed by atoms with Gasteiger partial charge in [-0.1, -0.05) is 18.2 Å². The third-order valence-electron chi connectivity index (χ3n) is 2.65. The maximum Gasteiger partial charge on any atom is 0.418 e. The number of carbonyl (C=O) groups is 1. The lowest BCUT2D eigenvalue weighted by molar-refractivity contribution is -0.136. The largest absolute Gasteiger partial charge is 0.418 e. The minimum atomic E-state index is -4.49. The van der Waals surface area contributed by atoms with E-state index < -0.39 is 17.6 Å². The first-order valence-electron chi connectivity index (χ1n) is 5.49. The summed E-state index contributed by atoms with van der Waals surface area (Å²) >= 11 is 0. The normalized spacial score (nSPS) is 11.6. The Balaban J connectivity index is 2.67. The van der Waals surface area contributed by atoms with Crippen LogP contribution in [0.3, 0.4) is 0 Å². The van der Waals surface area contributed by atoms with Crippen molar-refractivity contribution in [2.24, 2.45) is 0 Å². The second-order valence-electron chi connectivity index (χ2n) is 4.27. The molecule has 3 nitrogen and oxygen atoms in total. The van der Waals surface area contributed by atoms with Crippen LogP contribution in [-0.2, 0) is 6.18 Å². The van der Waals surface area contributed by atoms with E-state index in [0.717, 1.165) is 6.07 Å².